The molecule has 3 aromatic rings. The van der Waals surface area contributed by atoms with Gasteiger partial charge in [-0.25, -0.2) is 4.98 Å². The van der Waals surface area contributed by atoms with Crippen LogP contribution in [0.1, 0.15) is 25.3 Å². The molecule has 0 saturated heterocycles. The Bertz CT molecular complexity index is 775. The SMILES string of the molecule is CCCn1cc(-c2cncn2CCCc2ccccc2OC)cn1. The molecule has 2 heterocycles. The Labute approximate surface area is 142 Å². The van der Waals surface area contributed by atoms with Crippen molar-refractivity contribution in [2.45, 2.75) is 39.3 Å². The molecular weight excluding hydrogens is 300 g/mol. The van der Waals surface area contributed by atoms with Crippen LogP contribution >= 0.6 is 0 Å². The maximum Gasteiger partial charge on any atom is 0.122 e. The normalized spacial score (nSPS) is 10.9. The molecule has 0 spiro atoms. The van der Waals surface area contributed by atoms with E-state index in [0.717, 1.165) is 49.4 Å². The molecule has 5 nitrogen and oxygen atoms in total. The zero-order chi connectivity index (χ0) is 16.8. The third kappa shape index (κ3) is 3.67. The molecule has 0 saturated carbocycles. The maximum atomic E-state index is 5.42. The average molecular weight is 324 g/mol. The highest BCUT2D eigenvalue weighted by Gasteiger charge is 2.08. The van der Waals surface area contributed by atoms with Gasteiger partial charge in [0, 0.05) is 24.8 Å². The molecule has 0 aliphatic heterocycles. The van der Waals surface area contributed by atoms with Crippen LogP contribution in [0.4, 0.5) is 0 Å². The lowest BCUT2D eigenvalue weighted by Gasteiger charge is -2.09. The van der Waals surface area contributed by atoms with Crippen LogP contribution in [0.15, 0.2) is 49.2 Å². The number of rotatable bonds is 8. The highest BCUT2D eigenvalue weighted by atomic mass is 16.5. The molecule has 0 aliphatic rings. The van der Waals surface area contributed by atoms with Crippen LogP contribution in [-0.4, -0.2) is 26.4 Å². The summed E-state index contributed by atoms with van der Waals surface area (Å²) in [5, 5.41) is 4.41. The van der Waals surface area contributed by atoms with Crippen molar-refractivity contribution in [2.24, 2.45) is 0 Å². The first-order valence-electron chi connectivity index (χ1n) is 8.46. The molecule has 0 aliphatic carbocycles. The first-order valence-corrected chi connectivity index (χ1v) is 8.46. The third-order valence-corrected chi connectivity index (χ3v) is 4.13. The zero-order valence-corrected chi connectivity index (χ0v) is 14.4. The molecule has 0 atom stereocenters. The highest BCUT2D eigenvalue weighted by molar-refractivity contribution is 5.56. The Balaban J connectivity index is 1.65. The van der Waals surface area contributed by atoms with Crippen molar-refractivity contribution in [2.75, 3.05) is 7.11 Å². The van der Waals surface area contributed by atoms with Crippen molar-refractivity contribution in [3.05, 3.63) is 54.7 Å². The quantitative estimate of drug-likeness (QED) is 0.633. The minimum atomic E-state index is 0.923. The van der Waals surface area contributed by atoms with Gasteiger partial charge in [0.2, 0.25) is 0 Å². The van der Waals surface area contributed by atoms with Crippen LogP contribution in [-0.2, 0) is 19.5 Å². The number of hydrogen-bond acceptors (Lipinski definition) is 3. The number of para-hydroxylation sites is 1. The number of aryl methyl sites for hydroxylation is 3. The van der Waals surface area contributed by atoms with Gasteiger partial charge in [0.15, 0.2) is 0 Å². The summed E-state index contributed by atoms with van der Waals surface area (Å²) in [4.78, 5) is 4.31. The van der Waals surface area contributed by atoms with Crippen LogP contribution < -0.4 is 4.74 Å². The van der Waals surface area contributed by atoms with Crippen LogP contribution in [0.2, 0.25) is 0 Å². The highest BCUT2D eigenvalue weighted by Crippen LogP contribution is 2.21. The molecule has 0 fully saturated rings. The minimum absolute atomic E-state index is 0.923. The number of ether oxygens (including phenoxy) is 1. The molecule has 126 valence electrons. The summed E-state index contributed by atoms with van der Waals surface area (Å²) in [6.07, 6.45) is 10.9. The van der Waals surface area contributed by atoms with Gasteiger partial charge in [-0.3, -0.25) is 4.68 Å². The number of methoxy groups -OCH3 is 1. The van der Waals surface area contributed by atoms with E-state index in [4.69, 9.17) is 4.74 Å². The Morgan fingerprint density at radius 1 is 1.12 bits per heavy atom. The first kappa shape index (κ1) is 16.3. The van der Waals surface area contributed by atoms with E-state index in [2.05, 4.69) is 39.9 Å². The zero-order valence-electron chi connectivity index (χ0n) is 14.4. The van der Waals surface area contributed by atoms with Gasteiger partial charge >= 0.3 is 0 Å². The smallest absolute Gasteiger partial charge is 0.122 e. The van der Waals surface area contributed by atoms with Crippen molar-refractivity contribution in [3.8, 4) is 17.0 Å². The van der Waals surface area contributed by atoms with Crippen LogP contribution in [0.3, 0.4) is 0 Å². The lowest BCUT2D eigenvalue weighted by Crippen LogP contribution is -2.01. The van der Waals surface area contributed by atoms with Gasteiger partial charge in [-0.2, -0.15) is 5.10 Å². The molecule has 5 heteroatoms. The van der Waals surface area contributed by atoms with Crippen molar-refractivity contribution < 1.29 is 4.74 Å². The van der Waals surface area contributed by atoms with E-state index in [0.29, 0.717) is 0 Å². The Kier molecular flexibility index (Phi) is 5.31. The number of aromatic nitrogens is 4. The second-order valence-corrected chi connectivity index (χ2v) is 5.88. The summed E-state index contributed by atoms with van der Waals surface area (Å²) in [5.74, 6) is 0.962. The second kappa shape index (κ2) is 7.81. The Morgan fingerprint density at radius 3 is 2.83 bits per heavy atom. The largest absolute Gasteiger partial charge is 0.496 e. The van der Waals surface area contributed by atoms with E-state index < -0.39 is 0 Å². The molecule has 2 aromatic heterocycles. The predicted molar refractivity (Wildman–Crippen MR) is 95.1 cm³/mol. The van der Waals surface area contributed by atoms with Gasteiger partial charge in [0.05, 0.1) is 31.5 Å². The molecule has 24 heavy (non-hydrogen) atoms. The van der Waals surface area contributed by atoms with Gasteiger partial charge in [0.1, 0.15) is 5.75 Å². The monoisotopic (exact) mass is 324 g/mol. The fraction of sp³-hybridized carbons (Fsp3) is 0.368. The first-order chi connectivity index (χ1) is 11.8. The van der Waals surface area contributed by atoms with Gasteiger partial charge in [0.25, 0.3) is 0 Å². The van der Waals surface area contributed by atoms with E-state index >= 15 is 0 Å². The summed E-state index contributed by atoms with van der Waals surface area (Å²) in [6.45, 7) is 4.03. The van der Waals surface area contributed by atoms with Gasteiger partial charge in [-0.1, -0.05) is 25.1 Å². The summed E-state index contributed by atoms with van der Waals surface area (Å²) in [7, 11) is 1.72. The van der Waals surface area contributed by atoms with Crippen molar-refractivity contribution in [1.29, 1.82) is 0 Å². The maximum absolute atomic E-state index is 5.42. The predicted octanol–water partition coefficient (Wildman–Crippen LogP) is 3.80. The summed E-state index contributed by atoms with van der Waals surface area (Å²) >= 11 is 0. The molecule has 0 bridgehead atoms. The molecule has 1 aromatic carbocycles. The topological polar surface area (TPSA) is 44.9 Å². The number of benzene rings is 1. The second-order valence-electron chi connectivity index (χ2n) is 5.88. The fourth-order valence-corrected chi connectivity index (χ4v) is 2.94. The minimum Gasteiger partial charge on any atom is -0.496 e. The van der Waals surface area contributed by atoms with Gasteiger partial charge < -0.3 is 9.30 Å². The number of imidazole rings is 1. The van der Waals surface area contributed by atoms with Crippen molar-refractivity contribution >= 4 is 0 Å². The molecule has 0 N–H and O–H groups in total. The van der Waals surface area contributed by atoms with Crippen molar-refractivity contribution in [1.82, 2.24) is 19.3 Å². The molecule has 0 radical (unpaired) electrons. The molecule has 0 amide bonds. The van der Waals surface area contributed by atoms with E-state index in [1.54, 1.807) is 7.11 Å². The molecule has 3 rings (SSSR count). The fourth-order valence-electron chi connectivity index (χ4n) is 2.94. The van der Waals surface area contributed by atoms with Crippen molar-refractivity contribution in [3.63, 3.8) is 0 Å². The van der Waals surface area contributed by atoms with Gasteiger partial charge in [-0.05, 0) is 30.9 Å². The lowest BCUT2D eigenvalue weighted by molar-refractivity contribution is 0.408. The number of nitrogens with zero attached hydrogens (tertiary/aromatic N) is 4. The van der Waals surface area contributed by atoms with Crippen LogP contribution in [0.5, 0.6) is 5.75 Å². The molecule has 0 unspecified atom stereocenters. The summed E-state index contributed by atoms with van der Waals surface area (Å²) in [5.41, 5.74) is 3.49. The Hall–Kier alpha value is -2.56. The van der Waals surface area contributed by atoms with E-state index in [-0.39, 0.29) is 0 Å². The lowest BCUT2D eigenvalue weighted by atomic mass is 10.1. The van der Waals surface area contributed by atoms with Crippen LogP contribution in [0, 0.1) is 0 Å². The van der Waals surface area contributed by atoms with E-state index in [1.807, 2.05) is 35.5 Å². The third-order valence-electron chi connectivity index (χ3n) is 4.13. The van der Waals surface area contributed by atoms with Gasteiger partial charge in [-0.15, -0.1) is 0 Å². The van der Waals surface area contributed by atoms with E-state index in [9.17, 15) is 0 Å². The summed E-state index contributed by atoms with van der Waals surface area (Å²) < 4.78 is 9.61. The van der Waals surface area contributed by atoms with Crippen LogP contribution in [0.25, 0.3) is 11.3 Å². The average Bonchev–Trinajstić information content (AvgIpc) is 3.25. The van der Waals surface area contributed by atoms with E-state index in [1.165, 1.54) is 5.56 Å². The molecular formula is C19H24N4O. The standard InChI is InChI=1S/C19H24N4O/c1-3-10-23-14-17(12-21-23)18-13-20-15-22(18)11-6-8-16-7-4-5-9-19(16)24-2/h4-5,7,9,12-15H,3,6,8,10-11H2,1-2H3. The summed E-state index contributed by atoms with van der Waals surface area (Å²) in [6, 6.07) is 8.20. The number of hydrogen-bond donors (Lipinski definition) is 0. The Morgan fingerprint density at radius 2 is 2.00 bits per heavy atom.